The van der Waals surface area contributed by atoms with Crippen molar-refractivity contribution in [2.24, 2.45) is 0 Å². The average Bonchev–Trinajstić information content (AvgIpc) is 2.38. The van der Waals surface area contributed by atoms with Crippen LogP contribution in [0.1, 0.15) is 77.0 Å². The monoisotopic (exact) mass is 264 g/mol. The first-order chi connectivity index (χ1) is 8.81. The highest BCUT2D eigenvalue weighted by Crippen LogP contribution is 2.13. The fourth-order valence-corrected chi connectivity index (χ4v) is 2.15. The second-order valence-corrected chi connectivity index (χ2v) is 5.14. The molecular weight excluding hydrogens is 234 g/mol. The molecule has 110 valence electrons. The van der Waals surface area contributed by atoms with Gasteiger partial charge < -0.3 is 5.11 Å². The van der Waals surface area contributed by atoms with Gasteiger partial charge in [-0.15, -0.1) is 0 Å². The van der Waals surface area contributed by atoms with Crippen molar-refractivity contribution >= 4 is 0 Å². The molecule has 1 nitrogen and oxygen atoms in total. The molecule has 0 aromatic heterocycles. The molecule has 0 saturated heterocycles. The van der Waals surface area contributed by atoms with Gasteiger partial charge in [-0.3, -0.25) is 8.78 Å². The van der Waals surface area contributed by atoms with E-state index in [1.165, 1.54) is 0 Å². The second-order valence-electron chi connectivity index (χ2n) is 5.14. The van der Waals surface area contributed by atoms with Gasteiger partial charge in [0.1, 0.15) is 0 Å². The summed E-state index contributed by atoms with van der Waals surface area (Å²) >= 11 is 0. The van der Waals surface area contributed by atoms with E-state index < -0.39 is 0 Å². The lowest BCUT2D eigenvalue weighted by Crippen LogP contribution is -2.05. The van der Waals surface area contributed by atoms with Gasteiger partial charge in [0.15, 0.2) is 0 Å². The highest BCUT2D eigenvalue weighted by Gasteiger charge is 2.03. The third kappa shape index (κ3) is 13.9. The van der Waals surface area contributed by atoms with Crippen LogP contribution < -0.4 is 0 Å². The smallest absolute Gasteiger partial charge is 0.0894 e. The standard InChI is InChI=1S/C15H30F2O/c16-13-9-5-1-3-7-11-15(18)12-8-4-2-6-10-14-17/h15,18H,1-14H2. The van der Waals surface area contributed by atoms with Gasteiger partial charge in [-0.2, -0.15) is 0 Å². The Morgan fingerprint density at radius 1 is 0.556 bits per heavy atom. The summed E-state index contributed by atoms with van der Waals surface area (Å²) in [7, 11) is 0. The molecule has 0 aliphatic carbocycles. The molecule has 0 radical (unpaired) electrons. The number of halogens is 2. The van der Waals surface area contributed by atoms with Crippen LogP contribution in [0.15, 0.2) is 0 Å². The van der Waals surface area contributed by atoms with Crippen molar-refractivity contribution in [1.82, 2.24) is 0 Å². The Labute approximate surface area is 111 Å². The minimum atomic E-state index is -0.203. The van der Waals surface area contributed by atoms with E-state index in [2.05, 4.69) is 0 Å². The van der Waals surface area contributed by atoms with Crippen LogP contribution in [-0.4, -0.2) is 24.6 Å². The Bertz CT molecular complexity index is 137. The Kier molecular flexibility index (Phi) is 14.7. The van der Waals surface area contributed by atoms with E-state index in [-0.39, 0.29) is 19.5 Å². The summed E-state index contributed by atoms with van der Waals surface area (Å²) < 4.78 is 23.6. The molecule has 0 aromatic rings. The van der Waals surface area contributed by atoms with Crippen LogP contribution in [0.4, 0.5) is 8.78 Å². The predicted molar refractivity (Wildman–Crippen MR) is 73.4 cm³/mol. The lowest BCUT2D eigenvalue weighted by Gasteiger charge is -2.10. The van der Waals surface area contributed by atoms with Crippen molar-refractivity contribution in [3.63, 3.8) is 0 Å². The molecule has 0 aromatic carbocycles. The minimum Gasteiger partial charge on any atom is -0.393 e. The van der Waals surface area contributed by atoms with Crippen molar-refractivity contribution in [3.8, 4) is 0 Å². The van der Waals surface area contributed by atoms with Crippen LogP contribution in [0.3, 0.4) is 0 Å². The summed E-state index contributed by atoms with van der Waals surface area (Å²) in [6.45, 7) is -0.407. The van der Waals surface area contributed by atoms with Crippen molar-refractivity contribution in [2.45, 2.75) is 83.2 Å². The van der Waals surface area contributed by atoms with Crippen LogP contribution in [0, 0.1) is 0 Å². The Hall–Kier alpha value is -0.180. The zero-order valence-electron chi connectivity index (χ0n) is 11.7. The van der Waals surface area contributed by atoms with Gasteiger partial charge in [-0.25, -0.2) is 0 Å². The maximum atomic E-state index is 11.8. The molecule has 1 N–H and O–H groups in total. The molecule has 0 atom stereocenters. The SMILES string of the molecule is OC(CCCCCCCF)CCCCCCCF. The Morgan fingerprint density at radius 2 is 0.889 bits per heavy atom. The molecule has 0 spiro atoms. The first kappa shape index (κ1) is 17.8. The summed E-state index contributed by atoms with van der Waals surface area (Å²) in [5.74, 6) is 0. The molecule has 0 saturated carbocycles. The van der Waals surface area contributed by atoms with Crippen LogP contribution in [-0.2, 0) is 0 Å². The van der Waals surface area contributed by atoms with E-state index in [1.54, 1.807) is 0 Å². The topological polar surface area (TPSA) is 20.2 Å². The van der Waals surface area contributed by atoms with Crippen LogP contribution in [0.2, 0.25) is 0 Å². The molecule has 0 heterocycles. The van der Waals surface area contributed by atoms with Crippen molar-refractivity contribution < 1.29 is 13.9 Å². The lowest BCUT2D eigenvalue weighted by atomic mass is 10.0. The zero-order valence-corrected chi connectivity index (χ0v) is 11.7. The third-order valence-electron chi connectivity index (χ3n) is 3.34. The van der Waals surface area contributed by atoms with Gasteiger partial charge in [-0.05, 0) is 25.7 Å². The third-order valence-corrected chi connectivity index (χ3v) is 3.34. The number of aliphatic hydroxyl groups is 1. The van der Waals surface area contributed by atoms with Crippen molar-refractivity contribution in [3.05, 3.63) is 0 Å². The molecule has 18 heavy (non-hydrogen) atoms. The number of unbranched alkanes of at least 4 members (excludes halogenated alkanes) is 8. The molecule has 0 amide bonds. The number of aliphatic hydroxyl groups excluding tert-OH is 1. The van der Waals surface area contributed by atoms with Gasteiger partial charge >= 0.3 is 0 Å². The van der Waals surface area contributed by atoms with E-state index in [9.17, 15) is 13.9 Å². The summed E-state index contributed by atoms with van der Waals surface area (Å²) in [6.07, 6.45) is 11.4. The number of rotatable bonds is 14. The van der Waals surface area contributed by atoms with E-state index in [1.807, 2.05) is 0 Å². The van der Waals surface area contributed by atoms with Crippen molar-refractivity contribution in [2.75, 3.05) is 13.3 Å². The summed E-state index contributed by atoms with van der Waals surface area (Å²) in [4.78, 5) is 0. The molecule has 0 aliphatic rings. The van der Waals surface area contributed by atoms with Crippen molar-refractivity contribution in [1.29, 1.82) is 0 Å². The Morgan fingerprint density at radius 3 is 1.28 bits per heavy atom. The van der Waals surface area contributed by atoms with Crippen LogP contribution in [0.25, 0.3) is 0 Å². The zero-order chi connectivity index (χ0) is 13.5. The van der Waals surface area contributed by atoms with Gasteiger partial charge in [0.25, 0.3) is 0 Å². The molecule has 0 rings (SSSR count). The van der Waals surface area contributed by atoms with E-state index >= 15 is 0 Å². The van der Waals surface area contributed by atoms with E-state index in [0.717, 1.165) is 64.2 Å². The van der Waals surface area contributed by atoms with Gasteiger partial charge in [0, 0.05) is 0 Å². The number of hydrogen-bond donors (Lipinski definition) is 1. The number of alkyl halides is 2. The average molecular weight is 264 g/mol. The van der Waals surface area contributed by atoms with E-state index in [4.69, 9.17) is 0 Å². The normalized spacial score (nSPS) is 11.3. The van der Waals surface area contributed by atoms with Gasteiger partial charge in [0.2, 0.25) is 0 Å². The summed E-state index contributed by atoms with van der Waals surface area (Å²) in [5.41, 5.74) is 0. The fourth-order valence-electron chi connectivity index (χ4n) is 2.15. The highest BCUT2D eigenvalue weighted by molar-refractivity contribution is 4.57. The molecule has 0 aliphatic heterocycles. The minimum absolute atomic E-state index is 0.174. The largest absolute Gasteiger partial charge is 0.393 e. The lowest BCUT2D eigenvalue weighted by molar-refractivity contribution is 0.147. The number of hydrogen-bond acceptors (Lipinski definition) is 1. The first-order valence-corrected chi connectivity index (χ1v) is 7.61. The summed E-state index contributed by atoms with van der Waals surface area (Å²) in [6, 6.07) is 0. The van der Waals surface area contributed by atoms with Crippen LogP contribution in [0.5, 0.6) is 0 Å². The maximum Gasteiger partial charge on any atom is 0.0894 e. The van der Waals surface area contributed by atoms with E-state index in [0.29, 0.717) is 12.8 Å². The molecule has 3 heteroatoms. The Balaban J connectivity index is 3.10. The fraction of sp³-hybridized carbons (Fsp3) is 1.00. The molecule has 0 bridgehead atoms. The summed E-state index contributed by atoms with van der Waals surface area (Å²) in [5, 5.41) is 9.73. The quantitative estimate of drug-likeness (QED) is 0.439. The van der Waals surface area contributed by atoms with Crippen LogP contribution >= 0.6 is 0 Å². The first-order valence-electron chi connectivity index (χ1n) is 7.61. The second kappa shape index (κ2) is 14.9. The molecule has 0 fully saturated rings. The van der Waals surface area contributed by atoms with Gasteiger partial charge in [-0.1, -0.05) is 51.4 Å². The highest BCUT2D eigenvalue weighted by atomic mass is 19.1. The maximum absolute atomic E-state index is 11.8. The molecule has 0 unspecified atom stereocenters. The predicted octanol–water partition coefficient (Wildman–Crippen LogP) is 4.97. The molecular formula is C15H30F2O. The van der Waals surface area contributed by atoms with Gasteiger partial charge in [0.05, 0.1) is 19.5 Å².